The topological polar surface area (TPSA) is 81.7 Å². The lowest BCUT2D eigenvalue weighted by Gasteiger charge is -2.32. The van der Waals surface area contributed by atoms with Crippen LogP contribution in [0.2, 0.25) is 0 Å². The number of halogens is 1. The molecular formula is C19H35IN6OS. The molecule has 1 aliphatic heterocycles. The Bertz CT molecular complexity index is 601. The van der Waals surface area contributed by atoms with Gasteiger partial charge in [0.05, 0.1) is 13.1 Å². The Morgan fingerprint density at radius 1 is 1.29 bits per heavy atom. The lowest BCUT2D eigenvalue weighted by atomic mass is 10.1. The third-order valence-corrected chi connectivity index (χ3v) is 5.66. The SMILES string of the molecule is CCCNC(=O)CN1CCC(NC(=NCc2ncc(CC)s2)NCC)CC1.I. The van der Waals surface area contributed by atoms with Crippen LogP contribution in [-0.2, 0) is 17.8 Å². The number of piperidine rings is 1. The van der Waals surface area contributed by atoms with Crippen molar-refractivity contribution >= 4 is 47.2 Å². The van der Waals surface area contributed by atoms with Gasteiger partial charge in [-0.1, -0.05) is 13.8 Å². The average molecular weight is 523 g/mol. The van der Waals surface area contributed by atoms with Crippen molar-refractivity contribution in [1.82, 2.24) is 25.8 Å². The summed E-state index contributed by atoms with van der Waals surface area (Å²) in [5.74, 6) is 0.984. The van der Waals surface area contributed by atoms with Crippen molar-refractivity contribution in [3.05, 3.63) is 16.1 Å². The number of rotatable bonds is 9. The normalized spacial score (nSPS) is 15.8. The number of nitrogens with one attached hydrogen (secondary N) is 3. The van der Waals surface area contributed by atoms with Gasteiger partial charge in [-0.3, -0.25) is 9.69 Å². The quantitative estimate of drug-likeness (QED) is 0.264. The van der Waals surface area contributed by atoms with Crippen LogP contribution in [0.3, 0.4) is 0 Å². The maximum Gasteiger partial charge on any atom is 0.234 e. The third kappa shape index (κ3) is 9.04. The Morgan fingerprint density at radius 2 is 2.04 bits per heavy atom. The van der Waals surface area contributed by atoms with Crippen LogP contribution in [0.4, 0.5) is 0 Å². The van der Waals surface area contributed by atoms with E-state index < -0.39 is 0 Å². The van der Waals surface area contributed by atoms with E-state index in [0.717, 1.165) is 62.8 Å². The fourth-order valence-corrected chi connectivity index (χ4v) is 3.79. The molecule has 0 unspecified atom stereocenters. The predicted molar refractivity (Wildman–Crippen MR) is 128 cm³/mol. The Kier molecular flexibility index (Phi) is 12.6. The van der Waals surface area contributed by atoms with E-state index in [0.29, 0.717) is 19.1 Å². The second-order valence-corrected chi connectivity index (χ2v) is 8.01. The number of amides is 1. The number of carbonyl (C=O) groups excluding carboxylic acids is 1. The number of aliphatic imine (C=N–C) groups is 1. The van der Waals surface area contributed by atoms with Gasteiger partial charge in [0.2, 0.25) is 5.91 Å². The highest BCUT2D eigenvalue weighted by Crippen LogP contribution is 2.14. The Morgan fingerprint density at radius 3 is 2.64 bits per heavy atom. The van der Waals surface area contributed by atoms with E-state index in [1.165, 1.54) is 4.88 Å². The second-order valence-electron chi connectivity index (χ2n) is 6.81. The van der Waals surface area contributed by atoms with E-state index >= 15 is 0 Å². The molecule has 2 heterocycles. The standard InChI is InChI=1S/C19H34N6OS.HI/c1-4-9-21-17(26)14-25-10-7-15(8-11-25)24-19(20-6-3)23-13-18-22-12-16(5-2)27-18;/h12,15H,4-11,13-14H2,1-3H3,(H,21,26)(H2,20,23,24);1H. The van der Waals surface area contributed by atoms with Gasteiger partial charge in [-0.25, -0.2) is 9.98 Å². The van der Waals surface area contributed by atoms with Gasteiger partial charge in [-0.15, -0.1) is 35.3 Å². The fourth-order valence-electron chi connectivity index (χ4n) is 3.00. The van der Waals surface area contributed by atoms with E-state index in [1.807, 2.05) is 6.20 Å². The molecule has 0 saturated carbocycles. The molecule has 0 aliphatic carbocycles. The highest BCUT2D eigenvalue weighted by atomic mass is 127. The van der Waals surface area contributed by atoms with Crippen LogP contribution < -0.4 is 16.0 Å². The number of aryl methyl sites for hydroxylation is 1. The number of hydrogen-bond acceptors (Lipinski definition) is 5. The van der Waals surface area contributed by atoms with Crippen molar-refractivity contribution in [1.29, 1.82) is 0 Å². The lowest BCUT2D eigenvalue weighted by Crippen LogP contribution is -2.50. The maximum atomic E-state index is 11.9. The van der Waals surface area contributed by atoms with Crippen molar-refractivity contribution < 1.29 is 4.79 Å². The van der Waals surface area contributed by atoms with Crippen LogP contribution in [-0.4, -0.2) is 60.5 Å². The van der Waals surface area contributed by atoms with Crippen LogP contribution >= 0.6 is 35.3 Å². The zero-order chi connectivity index (χ0) is 19.5. The summed E-state index contributed by atoms with van der Waals surface area (Å²) in [4.78, 5) is 24.5. The zero-order valence-electron chi connectivity index (χ0n) is 17.3. The van der Waals surface area contributed by atoms with Crippen molar-refractivity contribution in [3.63, 3.8) is 0 Å². The number of aromatic nitrogens is 1. The molecule has 0 radical (unpaired) electrons. The van der Waals surface area contributed by atoms with Gasteiger partial charge in [-0.2, -0.15) is 0 Å². The summed E-state index contributed by atoms with van der Waals surface area (Å²) in [6.45, 7) is 10.9. The number of likely N-dealkylation sites (tertiary alicyclic amines) is 1. The first-order valence-corrected chi connectivity index (χ1v) is 10.9. The average Bonchev–Trinajstić information content (AvgIpc) is 3.14. The molecule has 1 amide bonds. The summed E-state index contributed by atoms with van der Waals surface area (Å²) in [6.07, 6.45) is 5.98. The summed E-state index contributed by atoms with van der Waals surface area (Å²) in [7, 11) is 0. The number of thiazole rings is 1. The van der Waals surface area contributed by atoms with Crippen molar-refractivity contribution in [2.75, 3.05) is 32.7 Å². The van der Waals surface area contributed by atoms with Gasteiger partial charge in [0.25, 0.3) is 0 Å². The first-order valence-electron chi connectivity index (χ1n) is 10.1. The maximum absolute atomic E-state index is 11.9. The molecule has 1 aliphatic rings. The van der Waals surface area contributed by atoms with Gasteiger partial charge < -0.3 is 16.0 Å². The molecule has 160 valence electrons. The van der Waals surface area contributed by atoms with Gasteiger partial charge in [0.1, 0.15) is 5.01 Å². The number of guanidine groups is 1. The molecule has 1 aromatic heterocycles. The summed E-state index contributed by atoms with van der Waals surface area (Å²) >= 11 is 1.73. The molecule has 1 fully saturated rings. The minimum Gasteiger partial charge on any atom is -0.357 e. The second kappa shape index (κ2) is 14.1. The minimum atomic E-state index is 0. The Hall–Kier alpha value is -0.940. The molecule has 0 bridgehead atoms. The minimum absolute atomic E-state index is 0. The number of hydrogen-bond donors (Lipinski definition) is 3. The summed E-state index contributed by atoms with van der Waals surface area (Å²) in [5.41, 5.74) is 0. The molecule has 3 N–H and O–H groups in total. The van der Waals surface area contributed by atoms with E-state index in [1.54, 1.807) is 11.3 Å². The van der Waals surface area contributed by atoms with Gasteiger partial charge in [0.15, 0.2) is 5.96 Å². The largest absolute Gasteiger partial charge is 0.357 e. The van der Waals surface area contributed by atoms with Crippen LogP contribution in [0.1, 0.15) is 49.9 Å². The van der Waals surface area contributed by atoms with E-state index in [9.17, 15) is 4.79 Å². The molecule has 0 atom stereocenters. The molecule has 28 heavy (non-hydrogen) atoms. The lowest BCUT2D eigenvalue weighted by molar-refractivity contribution is -0.122. The van der Waals surface area contributed by atoms with Crippen molar-refractivity contribution in [3.8, 4) is 0 Å². The van der Waals surface area contributed by atoms with Gasteiger partial charge in [-0.05, 0) is 32.6 Å². The molecular weight excluding hydrogens is 487 g/mol. The first-order chi connectivity index (χ1) is 13.1. The zero-order valence-corrected chi connectivity index (χ0v) is 20.4. The van der Waals surface area contributed by atoms with Crippen molar-refractivity contribution in [2.24, 2.45) is 4.99 Å². The highest BCUT2D eigenvalue weighted by Gasteiger charge is 2.21. The van der Waals surface area contributed by atoms with Crippen molar-refractivity contribution in [2.45, 2.75) is 59.0 Å². The molecule has 1 aromatic rings. The third-order valence-electron chi connectivity index (χ3n) is 4.53. The van der Waals surface area contributed by atoms with E-state index in [-0.39, 0.29) is 29.9 Å². The summed E-state index contributed by atoms with van der Waals surface area (Å²) in [5, 5.41) is 10.9. The number of nitrogens with zero attached hydrogens (tertiary/aromatic N) is 3. The van der Waals surface area contributed by atoms with Crippen LogP contribution in [0.5, 0.6) is 0 Å². The molecule has 2 rings (SSSR count). The molecule has 9 heteroatoms. The Labute approximate surface area is 190 Å². The van der Waals surface area contributed by atoms with E-state index in [4.69, 9.17) is 4.99 Å². The number of carbonyl (C=O) groups is 1. The predicted octanol–water partition coefficient (Wildman–Crippen LogP) is 2.37. The highest BCUT2D eigenvalue weighted by molar-refractivity contribution is 14.0. The van der Waals surface area contributed by atoms with Gasteiger partial charge in [0, 0.05) is 43.3 Å². The first kappa shape index (κ1) is 25.1. The Balaban J connectivity index is 0.00000392. The van der Waals surface area contributed by atoms with Crippen LogP contribution in [0, 0.1) is 0 Å². The van der Waals surface area contributed by atoms with Gasteiger partial charge >= 0.3 is 0 Å². The van der Waals surface area contributed by atoms with Crippen LogP contribution in [0.25, 0.3) is 0 Å². The van der Waals surface area contributed by atoms with E-state index in [2.05, 4.69) is 46.6 Å². The fraction of sp³-hybridized carbons (Fsp3) is 0.737. The molecule has 0 spiro atoms. The summed E-state index contributed by atoms with van der Waals surface area (Å²) in [6, 6.07) is 0.389. The van der Waals surface area contributed by atoms with Crippen LogP contribution in [0.15, 0.2) is 11.2 Å². The molecule has 0 aromatic carbocycles. The molecule has 7 nitrogen and oxygen atoms in total. The summed E-state index contributed by atoms with van der Waals surface area (Å²) < 4.78 is 0. The smallest absolute Gasteiger partial charge is 0.234 e. The molecule has 1 saturated heterocycles. The monoisotopic (exact) mass is 522 g/mol.